The van der Waals surface area contributed by atoms with E-state index >= 15 is 0 Å². The topological polar surface area (TPSA) is 49.4 Å². The van der Waals surface area contributed by atoms with E-state index in [0.717, 1.165) is 37.3 Å². The van der Waals surface area contributed by atoms with Crippen LogP contribution in [0, 0.1) is 0 Å². The molecule has 0 saturated carbocycles. The van der Waals surface area contributed by atoms with E-state index in [-0.39, 0.29) is 6.42 Å². The van der Waals surface area contributed by atoms with Crippen LogP contribution in [0.15, 0.2) is 0 Å². The Balaban J connectivity index is 2.07. The molecule has 4 nitrogen and oxygen atoms in total. The lowest BCUT2D eigenvalue weighted by atomic mass is 10.1. The molecule has 1 heterocycles. The summed E-state index contributed by atoms with van der Waals surface area (Å²) in [5.41, 5.74) is 0. The molecule has 0 amide bonds. The summed E-state index contributed by atoms with van der Waals surface area (Å²) in [4.78, 5) is 10.8. The number of hydrogen-bond acceptors (Lipinski definition) is 3. The van der Waals surface area contributed by atoms with Crippen molar-refractivity contribution >= 4 is 5.97 Å². The van der Waals surface area contributed by atoms with Crippen LogP contribution in [0.2, 0.25) is 0 Å². The summed E-state index contributed by atoms with van der Waals surface area (Å²) in [5.74, 6) is -0.919. The van der Waals surface area contributed by atoms with Crippen molar-refractivity contribution in [2.24, 2.45) is 0 Å². The molecule has 0 bridgehead atoms. The second-order valence-electron chi connectivity index (χ2n) is 7.15. The third kappa shape index (κ3) is 9.98. The van der Waals surface area contributed by atoms with E-state index in [4.69, 9.17) is 4.74 Å². The van der Waals surface area contributed by atoms with Gasteiger partial charge in [-0.15, -0.1) is 0 Å². The van der Waals surface area contributed by atoms with Crippen molar-refractivity contribution in [2.75, 3.05) is 39.4 Å². The standard InChI is InChI=1S/C19H37NO3/c1-2-3-4-5-6-7-8-9-10-11-13-20(14-12-19(21)22)15-17-23-18-16-20/h2-18H2,1H3. The number of ether oxygens (including phenoxy) is 1. The summed E-state index contributed by atoms with van der Waals surface area (Å²) in [7, 11) is 0. The van der Waals surface area contributed by atoms with Crippen LogP contribution in [-0.2, 0) is 9.53 Å². The van der Waals surface area contributed by atoms with Gasteiger partial charge in [-0.25, -0.2) is 0 Å². The van der Waals surface area contributed by atoms with Crippen LogP contribution in [-0.4, -0.2) is 49.8 Å². The molecule has 0 N–H and O–H groups in total. The van der Waals surface area contributed by atoms with Gasteiger partial charge in [-0.1, -0.05) is 58.3 Å². The van der Waals surface area contributed by atoms with E-state index in [2.05, 4.69) is 6.92 Å². The molecule has 1 aliphatic heterocycles. The first-order valence-corrected chi connectivity index (χ1v) is 9.81. The van der Waals surface area contributed by atoms with Gasteiger partial charge in [0, 0.05) is 12.4 Å². The Bertz CT molecular complexity index is 301. The maximum absolute atomic E-state index is 10.8. The zero-order valence-electron chi connectivity index (χ0n) is 15.2. The van der Waals surface area contributed by atoms with Crippen LogP contribution in [0.3, 0.4) is 0 Å². The monoisotopic (exact) mass is 327 g/mol. The molecular weight excluding hydrogens is 290 g/mol. The van der Waals surface area contributed by atoms with Gasteiger partial charge in [0.15, 0.2) is 0 Å². The second kappa shape index (κ2) is 12.8. The van der Waals surface area contributed by atoms with Crippen LogP contribution >= 0.6 is 0 Å². The van der Waals surface area contributed by atoms with Crippen LogP contribution in [0.4, 0.5) is 0 Å². The first-order chi connectivity index (χ1) is 11.2. The molecular formula is C19H37NO3. The Labute approximate surface area is 142 Å². The number of unbranched alkanes of at least 4 members (excludes halogenated alkanes) is 9. The molecule has 0 aliphatic carbocycles. The van der Waals surface area contributed by atoms with Crippen molar-refractivity contribution in [2.45, 2.75) is 77.6 Å². The molecule has 1 rings (SSSR count). The summed E-state index contributed by atoms with van der Waals surface area (Å²) in [6.07, 6.45) is 13.6. The largest absolute Gasteiger partial charge is 0.550 e. The van der Waals surface area contributed by atoms with Crippen LogP contribution < -0.4 is 5.11 Å². The molecule has 0 unspecified atom stereocenters. The molecule has 0 spiro atoms. The number of nitrogens with zero attached hydrogens (tertiary/aromatic N) is 1. The van der Waals surface area contributed by atoms with Crippen molar-refractivity contribution in [3.63, 3.8) is 0 Å². The number of morpholine rings is 1. The van der Waals surface area contributed by atoms with Crippen LogP contribution in [0.25, 0.3) is 0 Å². The first-order valence-electron chi connectivity index (χ1n) is 9.81. The number of carboxylic acids is 1. The number of carboxylic acid groups (broad SMARTS) is 1. The van der Waals surface area contributed by atoms with E-state index < -0.39 is 5.97 Å². The molecule has 0 aromatic carbocycles. The number of carbonyl (C=O) groups excluding carboxylic acids is 1. The molecule has 0 aromatic heterocycles. The molecule has 0 aromatic rings. The highest BCUT2D eigenvalue weighted by molar-refractivity contribution is 5.64. The lowest BCUT2D eigenvalue weighted by Crippen LogP contribution is -2.56. The van der Waals surface area contributed by atoms with Crippen molar-refractivity contribution in [3.05, 3.63) is 0 Å². The van der Waals surface area contributed by atoms with Crippen LogP contribution in [0.1, 0.15) is 77.6 Å². The number of carbonyl (C=O) groups is 1. The number of aliphatic carboxylic acids is 1. The fraction of sp³-hybridized carbons (Fsp3) is 0.947. The summed E-state index contributed by atoms with van der Waals surface area (Å²) in [6, 6.07) is 0. The molecule has 23 heavy (non-hydrogen) atoms. The third-order valence-electron chi connectivity index (χ3n) is 5.20. The highest BCUT2D eigenvalue weighted by Crippen LogP contribution is 2.16. The van der Waals surface area contributed by atoms with Gasteiger partial charge >= 0.3 is 0 Å². The highest BCUT2D eigenvalue weighted by Gasteiger charge is 2.29. The molecule has 1 saturated heterocycles. The van der Waals surface area contributed by atoms with Gasteiger partial charge in [0.25, 0.3) is 0 Å². The predicted octanol–water partition coefficient (Wildman–Crippen LogP) is 2.89. The summed E-state index contributed by atoms with van der Waals surface area (Å²) < 4.78 is 6.37. The van der Waals surface area contributed by atoms with Gasteiger partial charge in [-0.2, -0.15) is 0 Å². The average Bonchev–Trinajstić information content (AvgIpc) is 2.56. The molecule has 4 heteroatoms. The lowest BCUT2D eigenvalue weighted by molar-refractivity contribution is -0.935. The lowest BCUT2D eigenvalue weighted by Gasteiger charge is -2.41. The zero-order chi connectivity index (χ0) is 16.8. The van der Waals surface area contributed by atoms with E-state index in [1.165, 1.54) is 64.2 Å². The minimum absolute atomic E-state index is 0.178. The molecule has 0 radical (unpaired) electrons. The van der Waals surface area contributed by atoms with E-state index in [1.54, 1.807) is 0 Å². The van der Waals surface area contributed by atoms with E-state index in [0.29, 0.717) is 6.54 Å². The van der Waals surface area contributed by atoms with Gasteiger partial charge in [0.2, 0.25) is 0 Å². The van der Waals surface area contributed by atoms with Crippen molar-refractivity contribution < 1.29 is 19.1 Å². The van der Waals surface area contributed by atoms with Crippen molar-refractivity contribution in [3.8, 4) is 0 Å². The number of hydrogen-bond donors (Lipinski definition) is 0. The normalized spacial score (nSPS) is 17.3. The summed E-state index contributed by atoms with van der Waals surface area (Å²) >= 11 is 0. The van der Waals surface area contributed by atoms with Gasteiger partial charge in [0.05, 0.1) is 26.3 Å². The summed E-state index contributed by atoms with van der Waals surface area (Å²) in [6.45, 7) is 7.54. The Kier molecular flexibility index (Phi) is 11.3. The Morgan fingerprint density at radius 3 is 1.91 bits per heavy atom. The maximum atomic E-state index is 10.8. The van der Waals surface area contributed by atoms with Gasteiger partial charge < -0.3 is 19.1 Å². The van der Waals surface area contributed by atoms with Gasteiger partial charge in [-0.3, -0.25) is 0 Å². The molecule has 0 atom stereocenters. The minimum Gasteiger partial charge on any atom is -0.550 e. The van der Waals surface area contributed by atoms with Crippen molar-refractivity contribution in [1.82, 2.24) is 0 Å². The Hall–Kier alpha value is -0.610. The van der Waals surface area contributed by atoms with Gasteiger partial charge in [-0.05, 0) is 12.8 Å². The van der Waals surface area contributed by atoms with Crippen LogP contribution in [0.5, 0.6) is 0 Å². The predicted molar refractivity (Wildman–Crippen MR) is 92.0 cm³/mol. The highest BCUT2D eigenvalue weighted by atomic mass is 16.5. The Morgan fingerprint density at radius 2 is 1.39 bits per heavy atom. The van der Waals surface area contributed by atoms with E-state index in [1.807, 2.05) is 0 Å². The number of quaternary nitrogens is 1. The third-order valence-corrected chi connectivity index (χ3v) is 5.20. The van der Waals surface area contributed by atoms with Gasteiger partial charge in [0.1, 0.15) is 13.1 Å². The number of rotatable bonds is 14. The van der Waals surface area contributed by atoms with E-state index in [9.17, 15) is 9.90 Å². The molecule has 136 valence electrons. The summed E-state index contributed by atoms with van der Waals surface area (Å²) in [5, 5.41) is 10.8. The fourth-order valence-corrected chi connectivity index (χ4v) is 3.55. The first kappa shape index (κ1) is 20.4. The SMILES string of the molecule is CCCCCCCCCCCC[N+]1(CCC(=O)[O-])CCOCC1. The Morgan fingerprint density at radius 1 is 0.870 bits per heavy atom. The maximum Gasteiger partial charge on any atom is 0.102 e. The fourth-order valence-electron chi connectivity index (χ4n) is 3.55. The van der Waals surface area contributed by atoms with Crippen molar-refractivity contribution in [1.29, 1.82) is 0 Å². The smallest absolute Gasteiger partial charge is 0.102 e. The average molecular weight is 328 g/mol. The minimum atomic E-state index is -0.919. The zero-order valence-corrected chi connectivity index (χ0v) is 15.2. The molecule has 1 fully saturated rings. The molecule has 1 aliphatic rings. The second-order valence-corrected chi connectivity index (χ2v) is 7.15. The quantitative estimate of drug-likeness (QED) is 0.364.